The van der Waals surface area contributed by atoms with Crippen LogP contribution in [-0.2, 0) is 4.79 Å². The molecule has 9 nitrogen and oxygen atoms in total. The molecule has 1 aliphatic rings. The lowest BCUT2D eigenvalue weighted by molar-refractivity contribution is -0.389. The Kier molecular flexibility index (Phi) is 5.49. The van der Waals surface area contributed by atoms with Crippen molar-refractivity contribution in [3.63, 3.8) is 0 Å². The van der Waals surface area contributed by atoms with Gasteiger partial charge in [-0.05, 0) is 24.2 Å². The molecular weight excluding hydrogens is 344 g/mol. The lowest BCUT2D eigenvalue weighted by Gasteiger charge is -2.31. The van der Waals surface area contributed by atoms with Crippen molar-refractivity contribution < 1.29 is 9.72 Å². The highest BCUT2D eigenvalue weighted by atomic mass is 32.1. The SMILES string of the molecule is CCCNC(=O)CN1CCC(Nc2nc3sccn3c2[N+](=O)[O-])CC1. The fraction of sp³-hybridized carbons (Fsp3) is 0.600. The van der Waals surface area contributed by atoms with E-state index in [0.717, 1.165) is 32.4 Å². The molecule has 10 heteroatoms. The standard InChI is InChI=1S/C15H22N6O3S/c1-2-5-16-12(22)10-19-6-3-11(4-7-19)17-13-14(21(23)24)20-8-9-25-15(20)18-13/h8-9,11,17H,2-7,10H2,1H3,(H,16,22). The second kappa shape index (κ2) is 7.79. The fourth-order valence-corrected chi connectivity index (χ4v) is 3.71. The van der Waals surface area contributed by atoms with Gasteiger partial charge in [-0.2, -0.15) is 9.38 Å². The van der Waals surface area contributed by atoms with Crippen LogP contribution < -0.4 is 10.6 Å². The van der Waals surface area contributed by atoms with Crippen LogP contribution in [-0.4, -0.2) is 57.3 Å². The van der Waals surface area contributed by atoms with E-state index in [0.29, 0.717) is 23.9 Å². The number of carbonyl (C=O) groups excluding carboxylic acids is 1. The first-order chi connectivity index (χ1) is 12.1. The van der Waals surface area contributed by atoms with E-state index < -0.39 is 4.92 Å². The summed E-state index contributed by atoms with van der Waals surface area (Å²) in [5, 5.41) is 19.2. The topological polar surface area (TPSA) is 105 Å². The molecular formula is C15H22N6O3S. The molecule has 2 aromatic heterocycles. The van der Waals surface area contributed by atoms with Gasteiger partial charge >= 0.3 is 5.82 Å². The maximum atomic E-state index is 11.8. The average molecular weight is 366 g/mol. The minimum absolute atomic E-state index is 0.0161. The first kappa shape index (κ1) is 17.6. The van der Waals surface area contributed by atoms with Crippen molar-refractivity contribution in [2.75, 3.05) is 31.5 Å². The van der Waals surface area contributed by atoms with E-state index in [2.05, 4.69) is 20.5 Å². The highest BCUT2D eigenvalue weighted by Crippen LogP contribution is 2.29. The van der Waals surface area contributed by atoms with Gasteiger partial charge in [0.1, 0.15) is 6.20 Å². The number of carbonyl (C=O) groups is 1. The van der Waals surface area contributed by atoms with Crippen molar-refractivity contribution in [1.29, 1.82) is 0 Å². The normalized spacial score (nSPS) is 16.2. The van der Waals surface area contributed by atoms with E-state index in [1.165, 1.54) is 15.7 Å². The van der Waals surface area contributed by atoms with Gasteiger partial charge in [-0.25, -0.2) is 0 Å². The van der Waals surface area contributed by atoms with Gasteiger partial charge in [0.15, 0.2) is 0 Å². The summed E-state index contributed by atoms with van der Waals surface area (Å²) in [7, 11) is 0. The van der Waals surface area contributed by atoms with Gasteiger partial charge in [0.05, 0.1) is 6.54 Å². The number of likely N-dealkylation sites (tertiary alicyclic amines) is 1. The Labute approximate surface area is 149 Å². The molecule has 0 spiro atoms. The van der Waals surface area contributed by atoms with E-state index in [-0.39, 0.29) is 17.8 Å². The molecule has 1 fully saturated rings. The van der Waals surface area contributed by atoms with Crippen LogP contribution in [0.1, 0.15) is 26.2 Å². The minimum Gasteiger partial charge on any atom is -0.360 e. The first-order valence-electron chi connectivity index (χ1n) is 8.44. The monoisotopic (exact) mass is 366 g/mol. The number of nitrogens with one attached hydrogen (secondary N) is 2. The maximum absolute atomic E-state index is 11.8. The predicted molar refractivity (Wildman–Crippen MR) is 96.1 cm³/mol. The lowest BCUT2D eigenvalue weighted by Crippen LogP contribution is -2.44. The Hall–Kier alpha value is -2.20. The number of imidazole rings is 1. The van der Waals surface area contributed by atoms with Crippen LogP contribution in [0.15, 0.2) is 11.6 Å². The third kappa shape index (κ3) is 4.07. The number of anilines is 1. The molecule has 2 aromatic rings. The van der Waals surface area contributed by atoms with Gasteiger partial charge in [0.2, 0.25) is 11.7 Å². The van der Waals surface area contributed by atoms with Crippen LogP contribution in [0, 0.1) is 10.1 Å². The van der Waals surface area contributed by atoms with Crippen LogP contribution in [0.25, 0.3) is 4.96 Å². The molecule has 25 heavy (non-hydrogen) atoms. The molecule has 0 bridgehead atoms. The highest BCUT2D eigenvalue weighted by molar-refractivity contribution is 7.15. The molecule has 0 aliphatic carbocycles. The maximum Gasteiger partial charge on any atom is 0.372 e. The molecule has 1 aliphatic heterocycles. The molecule has 3 rings (SSSR count). The van der Waals surface area contributed by atoms with E-state index in [4.69, 9.17) is 0 Å². The quantitative estimate of drug-likeness (QED) is 0.571. The lowest BCUT2D eigenvalue weighted by atomic mass is 10.1. The summed E-state index contributed by atoms with van der Waals surface area (Å²) in [4.78, 5) is 29.8. The number of piperidine rings is 1. The number of fused-ring (bicyclic) bond motifs is 1. The number of aromatic nitrogens is 2. The van der Waals surface area contributed by atoms with Gasteiger partial charge in [0, 0.05) is 31.1 Å². The third-order valence-electron chi connectivity index (χ3n) is 4.28. The van der Waals surface area contributed by atoms with Gasteiger partial charge in [-0.3, -0.25) is 9.69 Å². The zero-order valence-corrected chi connectivity index (χ0v) is 14.9. The summed E-state index contributed by atoms with van der Waals surface area (Å²) in [6.45, 7) is 4.71. The molecule has 0 unspecified atom stereocenters. The zero-order chi connectivity index (χ0) is 17.8. The summed E-state index contributed by atoms with van der Waals surface area (Å²) >= 11 is 1.37. The number of nitro groups is 1. The summed E-state index contributed by atoms with van der Waals surface area (Å²) in [5.74, 6) is 0.367. The van der Waals surface area contributed by atoms with Crippen LogP contribution in [0.4, 0.5) is 11.6 Å². The number of rotatable bonds is 7. The molecule has 1 amide bonds. The molecule has 0 atom stereocenters. The van der Waals surface area contributed by atoms with Crippen LogP contribution in [0.5, 0.6) is 0 Å². The van der Waals surface area contributed by atoms with Crippen LogP contribution in [0.3, 0.4) is 0 Å². The number of hydrogen-bond donors (Lipinski definition) is 2. The minimum atomic E-state index is -0.401. The van der Waals surface area contributed by atoms with Crippen molar-refractivity contribution in [1.82, 2.24) is 19.6 Å². The summed E-state index contributed by atoms with van der Waals surface area (Å²) in [5.41, 5.74) is 0. The molecule has 0 radical (unpaired) electrons. The zero-order valence-electron chi connectivity index (χ0n) is 14.1. The van der Waals surface area contributed by atoms with E-state index >= 15 is 0 Å². The van der Waals surface area contributed by atoms with Crippen molar-refractivity contribution in [3.05, 3.63) is 21.7 Å². The highest BCUT2D eigenvalue weighted by Gasteiger charge is 2.27. The Morgan fingerprint density at radius 3 is 2.92 bits per heavy atom. The van der Waals surface area contributed by atoms with E-state index in [9.17, 15) is 14.9 Å². The van der Waals surface area contributed by atoms with Crippen molar-refractivity contribution in [2.24, 2.45) is 0 Å². The summed E-state index contributed by atoms with van der Waals surface area (Å²) < 4.78 is 1.50. The molecule has 0 aromatic carbocycles. The molecule has 2 N–H and O–H groups in total. The van der Waals surface area contributed by atoms with Gasteiger partial charge < -0.3 is 20.7 Å². The fourth-order valence-electron chi connectivity index (χ4n) is 3.00. The van der Waals surface area contributed by atoms with Gasteiger partial charge in [-0.15, -0.1) is 0 Å². The number of hydrogen-bond acceptors (Lipinski definition) is 7. The second-order valence-electron chi connectivity index (χ2n) is 6.14. The van der Waals surface area contributed by atoms with E-state index in [1.807, 2.05) is 6.92 Å². The number of thiazole rings is 1. The predicted octanol–water partition coefficient (Wildman–Crippen LogP) is 1.71. The van der Waals surface area contributed by atoms with Crippen LogP contribution >= 0.6 is 11.3 Å². The summed E-state index contributed by atoms with van der Waals surface area (Å²) in [6.07, 6.45) is 4.24. The molecule has 3 heterocycles. The largest absolute Gasteiger partial charge is 0.372 e. The first-order valence-corrected chi connectivity index (χ1v) is 9.32. The Morgan fingerprint density at radius 2 is 2.24 bits per heavy atom. The van der Waals surface area contributed by atoms with E-state index in [1.54, 1.807) is 11.6 Å². The van der Waals surface area contributed by atoms with Crippen molar-refractivity contribution in [2.45, 2.75) is 32.2 Å². The molecule has 136 valence electrons. The van der Waals surface area contributed by atoms with Crippen LogP contribution in [0.2, 0.25) is 0 Å². The van der Waals surface area contributed by atoms with Crippen molar-refractivity contribution >= 4 is 33.8 Å². The molecule has 1 saturated heterocycles. The molecule has 0 saturated carbocycles. The smallest absolute Gasteiger partial charge is 0.360 e. The second-order valence-corrected chi connectivity index (χ2v) is 7.01. The summed E-state index contributed by atoms with van der Waals surface area (Å²) in [6, 6.07) is 0.123. The average Bonchev–Trinajstić information content (AvgIpc) is 3.15. The van der Waals surface area contributed by atoms with Gasteiger partial charge in [-0.1, -0.05) is 18.3 Å². The third-order valence-corrected chi connectivity index (χ3v) is 5.03. The number of amides is 1. The number of nitrogens with zero attached hydrogens (tertiary/aromatic N) is 4. The Bertz CT molecular complexity index is 750. The van der Waals surface area contributed by atoms with Gasteiger partial charge in [0.25, 0.3) is 4.96 Å². The van der Waals surface area contributed by atoms with Crippen molar-refractivity contribution in [3.8, 4) is 0 Å². The Balaban J connectivity index is 1.56. The Morgan fingerprint density at radius 1 is 1.48 bits per heavy atom.